The predicted octanol–water partition coefficient (Wildman–Crippen LogP) is 1.28. The highest BCUT2D eigenvalue weighted by Crippen LogP contribution is 2.55. The first-order valence-electron chi connectivity index (χ1n) is 12.3. The Morgan fingerprint density at radius 2 is 1.51 bits per heavy atom. The molecule has 3 saturated heterocycles. The minimum atomic E-state index is -3.67. The molecule has 1 spiro atoms. The third kappa shape index (κ3) is 4.06. The fourth-order valence-corrected chi connectivity index (χ4v) is 8.11. The van der Waals surface area contributed by atoms with Gasteiger partial charge in [-0.2, -0.15) is 4.31 Å². The summed E-state index contributed by atoms with van der Waals surface area (Å²) in [7, 11) is -3.67. The molecule has 0 radical (unpaired) electrons. The van der Waals surface area contributed by atoms with E-state index >= 15 is 0 Å². The third-order valence-electron chi connectivity index (χ3n) is 7.21. The smallest absolute Gasteiger partial charge is 0.269 e. The van der Waals surface area contributed by atoms with E-state index in [4.69, 9.17) is 9.47 Å². The van der Waals surface area contributed by atoms with E-state index in [-0.39, 0.29) is 22.5 Å². The summed E-state index contributed by atoms with van der Waals surface area (Å²) in [6.07, 6.45) is 0. The molecule has 4 aliphatic heterocycles. The molecule has 6 rings (SSSR count). The molecule has 12 heteroatoms. The zero-order chi connectivity index (χ0) is 25.6. The van der Waals surface area contributed by atoms with Crippen molar-refractivity contribution in [3.05, 3.63) is 54.1 Å². The number of morpholine rings is 2. The molecule has 196 valence electrons. The van der Waals surface area contributed by atoms with Crippen molar-refractivity contribution in [2.24, 2.45) is 0 Å². The molecular weight excluding hydrogens is 516 g/mol. The molecule has 2 amide bonds. The summed E-state index contributed by atoms with van der Waals surface area (Å²) in [5.41, 5.74) is 2.05. The van der Waals surface area contributed by atoms with Gasteiger partial charge in [-0.3, -0.25) is 24.3 Å². The highest BCUT2D eigenvalue weighted by Gasteiger charge is 2.61. The van der Waals surface area contributed by atoms with Crippen molar-refractivity contribution < 1.29 is 27.5 Å². The van der Waals surface area contributed by atoms with Crippen molar-refractivity contribution in [3.63, 3.8) is 0 Å². The Kier molecular flexibility index (Phi) is 6.50. The van der Waals surface area contributed by atoms with Crippen molar-refractivity contribution in [3.8, 4) is 0 Å². The number of benzene rings is 2. The van der Waals surface area contributed by atoms with Gasteiger partial charge in [0.2, 0.25) is 20.8 Å². The minimum Gasteiger partial charge on any atom is -0.379 e. The number of rotatable bonds is 5. The molecule has 4 heterocycles. The molecule has 0 N–H and O–H groups in total. The molecular formula is C25H28N4O6S2. The first kappa shape index (κ1) is 24.8. The molecule has 0 bridgehead atoms. The largest absolute Gasteiger partial charge is 0.379 e. The van der Waals surface area contributed by atoms with Crippen LogP contribution in [-0.2, 0) is 34.0 Å². The van der Waals surface area contributed by atoms with Gasteiger partial charge >= 0.3 is 0 Å². The Morgan fingerprint density at radius 3 is 2.22 bits per heavy atom. The van der Waals surface area contributed by atoms with Crippen molar-refractivity contribution in [2.45, 2.75) is 9.77 Å². The van der Waals surface area contributed by atoms with Crippen LogP contribution in [0.4, 0.5) is 11.4 Å². The fraction of sp³-hybridized carbons (Fsp3) is 0.440. The van der Waals surface area contributed by atoms with Crippen LogP contribution in [-0.4, -0.2) is 94.5 Å². The van der Waals surface area contributed by atoms with Gasteiger partial charge in [0.15, 0.2) is 0 Å². The molecule has 0 aliphatic carbocycles. The van der Waals surface area contributed by atoms with E-state index in [0.717, 1.165) is 24.3 Å². The first-order chi connectivity index (χ1) is 17.9. The lowest BCUT2D eigenvalue weighted by Gasteiger charge is -2.35. The Bertz CT molecular complexity index is 1310. The summed E-state index contributed by atoms with van der Waals surface area (Å²) in [6.45, 7) is 4.45. The Labute approximate surface area is 220 Å². The maximum Gasteiger partial charge on any atom is 0.269 e. The molecule has 0 saturated carbocycles. The number of hydrogen-bond acceptors (Lipinski definition) is 8. The summed E-state index contributed by atoms with van der Waals surface area (Å²) < 4.78 is 38.3. The third-order valence-corrected chi connectivity index (χ3v) is 10.5. The van der Waals surface area contributed by atoms with Crippen LogP contribution < -0.4 is 9.80 Å². The normalized spacial score (nSPS) is 25.3. The van der Waals surface area contributed by atoms with Gasteiger partial charge in [0, 0.05) is 37.4 Å². The molecule has 1 atom stereocenters. The van der Waals surface area contributed by atoms with Crippen LogP contribution in [0.1, 0.15) is 5.56 Å². The van der Waals surface area contributed by atoms with Crippen LogP contribution in [0.15, 0.2) is 53.4 Å². The number of carbonyl (C=O) groups excluding carboxylic acids is 2. The van der Waals surface area contributed by atoms with E-state index in [2.05, 4.69) is 4.90 Å². The van der Waals surface area contributed by atoms with Crippen LogP contribution in [0.3, 0.4) is 0 Å². The second-order valence-corrected chi connectivity index (χ2v) is 12.4. The highest BCUT2D eigenvalue weighted by atomic mass is 32.2. The summed E-state index contributed by atoms with van der Waals surface area (Å²) in [5, 5.41) is 0. The topological polar surface area (TPSA) is 99.7 Å². The molecule has 2 aromatic rings. The number of thioether (sulfide) groups is 1. The Balaban J connectivity index is 1.35. The van der Waals surface area contributed by atoms with Gasteiger partial charge in [-0.15, -0.1) is 11.8 Å². The summed E-state index contributed by atoms with van der Waals surface area (Å²) in [6, 6.07) is 13.9. The number of anilines is 2. The van der Waals surface area contributed by atoms with Crippen molar-refractivity contribution in [2.75, 3.05) is 74.8 Å². The number of para-hydroxylation sites is 1. The number of nitrogens with zero attached hydrogens (tertiary/aromatic N) is 4. The summed E-state index contributed by atoms with van der Waals surface area (Å²) in [5.74, 6) is -0.203. The van der Waals surface area contributed by atoms with Crippen LogP contribution in [0.2, 0.25) is 0 Å². The van der Waals surface area contributed by atoms with E-state index < -0.39 is 14.9 Å². The molecule has 2 aromatic carbocycles. The van der Waals surface area contributed by atoms with E-state index in [1.54, 1.807) is 21.9 Å². The molecule has 37 heavy (non-hydrogen) atoms. The van der Waals surface area contributed by atoms with Crippen molar-refractivity contribution in [1.82, 2.24) is 9.21 Å². The molecule has 3 fully saturated rings. The van der Waals surface area contributed by atoms with E-state index in [9.17, 15) is 18.0 Å². The second kappa shape index (κ2) is 9.68. The van der Waals surface area contributed by atoms with Crippen LogP contribution in [0.5, 0.6) is 0 Å². The van der Waals surface area contributed by atoms with Gasteiger partial charge in [0.1, 0.15) is 0 Å². The van der Waals surface area contributed by atoms with Crippen LogP contribution in [0.25, 0.3) is 0 Å². The van der Waals surface area contributed by atoms with Gasteiger partial charge < -0.3 is 9.47 Å². The minimum absolute atomic E-state index is 0.151. The lowest BCUT2D eigenvalue weighted by molar-refractivity contribution is -0.124. The lowest BCUT2D eigenvalue weighted by atomic mass is 10.0. The first-order valence-corrected chi connectivity index (χ1v) is 14.7. The summed E-state index contributed by atoms with van der Waals surface area (Å²) >= 11 is 1.31. The maximum atomic E-state index is 14.2. The van der Waals surface area contributed by atoms with E-state index in [1.165, 1.54) is 28.2 Å². The Morgan fingerprint density at radius 1 is 0.865 bits per heavy atom. The fourth-order valence-electron chi connectivity index (χ4n) is 5.34. The van der Waals surface area contributed by atoms with E-state index in [0.29, 0.717) is 51.9 Å². The monoisotopic (exact) mass is 544 g/mol. The van der Waals surface area contributed by atoms with Gasteiger partial charge in [0.25, 0.3) is 5.91 Å². The van der Waals surface area contributed by atoms with Crippen molar-refractivity contribution >= 4 is 45.0 Å². The van der Waals surface area contributed by atoms with Gasteiger partial charge in [0.05, 0.1) is 49.4 Å². The van der Waals surface area contributed by atoms with Crippen molar-refractivity contribution in [1.29, 1.82) is 0 Å². The second-order valence-electron chi connectivity index (χ2n) is 9.29. The number of carbonyl (C=O) groups is 2. The number of sulfonamides is 1. The lowest BCUT2D eigenvalue weighted by Crippen LogP contribution is -2.52. The standard InChI is InChI=1S/C25H28N4O6S2/c30-23-17-36-25(21-3-1-2-4-22(21)28(24(25)31)18-26-9-13-34-14-10-26)29(23)19-5-7-20(8-6-19)37(32,33)27-11-15-35-16-12-27/h1-8H,9-18H2. The van der Waals surface area contributed by atoms with Crippen LogP contribution >= 0.6 is 11.8 Å². The molecule has 1 unspecified atom stereocenters. The predicted molar refractivity (Wildman–Crippen MR) is 139 cm³/mol. The Hall–Kier alpha value is -2.48. The van der Waals surface area contributed by atoms with Gasteiger partial charge in [-0.25, -0.2) is 8.42 Å². The average molecular weight is 545 g/mol. The molecule has 0 aromatic heterocycles. The maximum absolute atomic E-state index is 14.2. The number of fused-ring (bicyclic) bond motifs is 2. The van der Waals surface area contributed by atoms with Gasteiger partial charge in [-0.1, -0.05) is 18.2 Å². The van der Waals surface area contributed by atoms with Gasteiger partial charge in [-0.05, 0) is 30.3 Å². The molecule has 10 nitrogen and oxygen atoms in total. The quantitative estimate of drug-likeness (QED) is 0.555. The average Bonchev–Trinajstić information content (AvgIpc) is 3.40. The van der Waals surface area contributed by atoms with Crippen LogP contribution in [0, 0.1) is 0 Å². The highest BCUT2D eigenvalue weighted by molar-refractivity contribution is 8.02. The summed E-state index contributed by atoms with van der Waals surface area (Å²) in [4.78, 5) is 31.8. The number of ether oxygens (including phenoxy) is 2. The number of hydrogen-bond donors (Lipinski definition) is 0. The zero-order valence-corrected chi connectivity index (χ0v) is 21.9. The van der Waals surface area contributed by atoms with E-state index in [1.807, 2.05) is 24.3 Å². The SMILES string of the molecule is O=C1CSC2(C(=O)N(CN3CCOCC3)c3ccccc32)N1c1ccc(S(=O)(=O)N2CCOCC2)cc1. The zero-order valence-electron chi connectivity index (χ0n) is 20.2. The number of amides is 2. The molecule has 4 aliphatic rings.